The van der Waals surface area contributed by atoms with E-state index in [4.69, 9.17) is 0 Å². The van der Waals surface area contributed by atoms with E-state index < -0.39 is 47.1 Å². The summed E-state index contributed by atoms with van der Waals surface area (Å²) in [4.78, 5) is 28.9. The van der Waals surface area contributed by atoms with Crippen molar-refractivity contribution in [1.29, 1.82) is 0 Å². The van der Waals surface area contributed by atoms with Crippen LogP contribution in [-0.2, 0) is 18.9 Å². The number of hydrogen-bond acceptors (Lipinski definition) is 3. The summed E-state index contributed by atoms with van der Waals surface area (Å²) in [5.74, 6) is -0.584. The number of alkyl halides is 3. The molecule has 1 atom stereocenters. The molecule has 10 heteroatoms. The molecule has 0 aliphatic rings. The Hall–Kier alpha value is -2.88. The van der Waals surface area contributed by atoms with Gasteiger partial charge in [-0.2, -0.15) is 13.2 Å². The smallest absolute Gasteiger partial charge is 0.380 e. The van der Waals surface area contributed by atoms with Gasteiger partial charge in [-0.05, 0) is 48.1 Å². The van der Waals surface area contributed by atoms with Crippen molar-refractivity contribution in [2.24, 2.45) is 7.05 Å². The maximum atomic E-state index is 14.0. The lowest BCUT2D eigenvalue weighted by Gasteiger charge is -2.38. The number of benzene rings is 1. The minimum atomic E-state index is -5.01. The van der Waals surface area contributed by atoms with Crippen LogP contribution < -0.4 is 11.2 Å². The molecule has 168 valence electrons. The molecule has 0 amide bonds. The van der Waals surface area contributed by atoms with E-state index >= 15 is 0 Å². The van der Waals surface area contributed by atoms with E-state index in [1.54, 1.807) is 6.92 Å². The van der Waals surface area contributed by atoms with Crippen LogP contribution in [0.4, 0.5) is 17.6 Å². The number of aromatic nitrogens is 3. The number of aliphatic hydroxyl groups is 1. The fraction of sp³-hybridized carbons (Fsp3) is 0.429. The first-order valence-corrected chi connectivity index (χ1v) is 9.51. The van der Waals surface area contributed by atoms with Crippen molar-refractivity contribution < 1.29 is 22.7 Å². The van der Waals surface area contributed by atoms with Gasteiger partial charge in [-0.3, -0.25) is 14.3 Å². The molecule has 6 nitrogen and oxygen atoms in total. The zero-order valence-electron chi connectivity index (χ0n) is 17.4. The number of aryl methyl sites for hydroxylation is 1. The molecule has 0 aliphatic carbocycles. The van der Waals surface area contributed by atoms with Crippen molar-refractivity contribution in [2.75, 3.05) is 0 Å². The summed E-state index contributed by atoms with van der Waals surface area (Å²) < 4.78 is 56.6. The summed E-state index contributed by atoms with van der Waals surface area (Å²) in [6, 6.07) is 5.05. The molecule has 3 aromatic rings. The Balaban J connectivity index is 2.05. The minimum absolute atomic E-state index is 0.00172. The third kappa shape index (κ3) is 4.16. The molecule has 3 N–H and O–H groups in total. The Morgan fingerprint density at radius 2 is 1.74 bits per heavy atom. The lowest BCUT2D eigenvalue weighted by molar-refractivity contribution is -0.266. The van der Waals surface area contributed by atoms with Crippen molar-refractivity contribution in [3.8, 4) is 0 Å². The Morgan fingerprint density at radius 1 is 1.10 bits per heavy atom. The zero-order valence-corrected chi connectivity index (χ0v) is 17.4. The number of fused-ring (bicyclic) bond motifs is 1. The number of H-pyrrole nitrogens is 2. The van der Waals surface area contributed by atoms with Gasteiger partial charge in [0.05, 0.1) is 5.39 Å². The molecule has 0 spiro atoms. The van der Waals surface area contributed by atoms with Crippen LogP contribution in [0.25, 0.3) is 11.0 Å². The molecule has 2 heterocycles. The first kappa shape index (κ1) is 22.8. The molecule has 2 aromatic heterocycles. The summed E-state index contributed by atoms with van der Waals surface area (Å²) in [5.41, 5.74) is -4.94. The summed E-state index contributed by atoms with van der Waals surface area (Å²) in [5, 5.41) is 10.8. The van der Waals surface area contributed by atoms with Crippen molar-refractivity contribution >= 4 is 11.0 Å². The van der Waals surface area contributed by atoms with E-state index in [9.17, 15) is 32.3 Å². The van der Waals surface area contributed by atoms with E-state index in [2.05, 4.69) is 9.97 Å². The lowest BCUT2D eigenvalue weighted by atomic mass is 9.72. The third-order valence-electron chi connectivity index (χ3n) is 5.62. The molecule has 31 heavy (non-hydrogen) atoms. The monoisotopic (exact) mass is 441 g/mol. The molecule has 0 bridgehead atoms. The van der Waals surface area contributed by atoms with Crippen LogP contribution in [0.15, 0.2) is 33.9 Å². The fourth-order valence-corrected chi connectivity index (χ4v) is 4.06. The van der Waals surface area contributed by atoms with Gasteiger partial charge in [0.15, 0.2) is 5.60 Å². The second-order valence-corrected chi connectivity index (χ2v) is 8.60. The standard InChI is InChI=1S/C21H23F4N3O3/c1-11-5-6-12(22)7-15(11)19(2,3)10-20(31,21(23,24)25)9-13-8-14-16(26-13)27-18(30)28(4)17(14)29/h5-8,26,31H,9-10H2,1-4H3,(H,27,30). The third-order valence-corrected chi connectivity index (χ3v) is 5.62. The first-order chi connectivity index (χ1) is 14.1. The van der Waals surface area contributed by atoms with Crippen LogP contribution in [0.1, 0.15) is 37.1 Å². The van der Waals surface area contributed by atoms with Crippen molar-refractivity contribution in [2.45, 2.75) is 50.8 Å². The van der Waals surface area contributed by atoms with Gasteiger partial charge in [-0.1, -0.05) is 19.9 Å². The predicted molar refractivity (Wildman–Crippen MR) is 108 cm³/mol. The average Bonchev–Trinajstić information content (AvgIpc) is 3.02. The van der Waals surface area contributed by atoms with Crippen LogP contribution >= 0.6 is 0 Å². The second kappa shape index (κ2) is 7.37. The topological polar surface area (TPSA) is 90.9 Å². The van der Waals surface area contributed by atoms with E-state index in [1.165, 1.54) is 45.2 Å². The van der Waals surface area contributed by atoms with Gasteiger partial charge in [-0.25, -0.2) is 9.18 Å². The maximum absolute atomic E-state index is 14.0. The van der Waals surface area contributed by atoms with E-state index in [1.807, 2.05) is 0 Å². The van der Waals surface area contributed by atoms with Gasteiger partial charge in [-0.15, -0.1) is 0 Å². The summed E-state index contributed by atoms with van der Waals surface area (Å²) in [7, 11) is 1.24. The normalized spacial score (nSPS) is 14.7. The molecular formula is C21H23F4N3O3. The van der Waals surface area contributed by atoms with Gasteiger partial charge in [0.1, 0.15) is 11.5 Å². The first-order valence-electron chi connectivity index (χ1n) is 9.51. The van der Waals surface area contributed by atoms with Gasteiger partial charge in [0, 0.05) is 19.2 Å². The van der Waals surface area contributed by atoms with Gasteiger partial charge >= 0.3 is 11.9 Å². The molecule has 3 rings (SSSR count). The fourth-order valence-electron chi connectivity index (χ4n) is 4.06. The number of hydrogen-bond donors (Lipinski definition) is 3. The van der Waals surface area contributed by atoms with Crippen molar-refractivity contribution in [3.05, 3.63) is 67.7 Å². The van der Waals surface area contributed by atoms with Crippen molar-refractivity contribution in [1.82, 2.24) is 14.5 Å². The largest absolute Gasteiger partial charge is 0.417 e. The minimum Gasteiger partial charge on any atom is -0.380 e. The quantitative estimate of drug-likeness (QED) is 0.531. The molecule has 0 saturated heterocycles. The highest BCUT2D eigenvalue weighted by atomic mass is 19.4. The summed E-state index contributed by atoms with van der Waals surface area (Å²) in [6.45, 7) is 4.67. The SMILES string of the molecule is Cc1ccc(F)cc1C(C)(C)CC(O)(Cc1cc2c(=O)n(C)c(=O)[nH]c2[nH]1)C(F)(F)F. The summed E-state index contributed by atoms with van der Waals surface area (Å²) >= 11 is 0. The Labute approximate surface area is 174 Å². The molecule has 0 fully saturated rings. The van der Waals surface area contributed by atoms with Gasteiger partial charge in [0.25, 0.3) is 5.56 Å². The molecule has 1 aromatic carbocycles. The maximum Gasteiger partial charge on any atom is 0.417 e. The number of aromatic amines is 2. The Kier molecular flexibility index (Phi) is 5.42. The van der Waals surface area contributed by atoms with E-state index in [-0.39, 0.29) is 16.7 Å². The number of halogens is 4. The van der Waals surface area contributed by atoms with Crippen LogP contribution in [0, 0.1) is 12.7 Å². The van der Waals surface area contributed by atoms with Gasteiger partial charge < -0.3 is 10.1 Å². The highest BCUT2D eigenvalue weighted by molar-refractivity contribution is 5.75. The van der Waals surface area contributed by atoms with Gasteiger partial charge in [0.2, 0.25) is 0 Å². The zero-order chi connectivity index (χ0) is 23.4. The second-order valence-electron chi connectivity index (χ2n) is 8.60. The lowest BCUT2D eigenvalue weighted by Crippen LogP contribution is -2.51. The number of rotatable bonds is 5. The van der Waals surface area contributed by atoms with E-state index in [0.29, 0.717) is 11.1 Å². The summed E-state index contributed by atoms with van der Waals surface area (Å²) in [6.07, 6.45) is -6.65. The highest BCUT2D eigenvalue weighted by Crippen LogP contribution is 2.43. The molecule has 0 saturated carbocycles. The molecule has 0 radical (unpaired) electrons. The number of nitrogens with one attached hydrogen (secondary N) is 2. The van der Waals surface area contributed by atoms with Crippen LogP contribution in [-0.4, -0.2) is 31.4 Å². The van der Waals surface area contributed by atoms with Crippen LogP contribution in [0.2, 0.25) is 0 Å². The van der Waals surface area contributed by atoms with Crippen molar-refractivity contribution in [3.63, 3.8) is 0 Å². The Bertz CT molecular complexity index is 1250. The number of nitrogens with zero attached hydrogens (tertiary/aromatic N) is 1. The highest BCUT2D eigenvalue weighted by Gasteiger charge is 2.56. The average molecular weight is 441 g/mol. The predicted octanol–water partition coefficient (Wildman–Crippen LogP) is 3.21. The molecule has 1 unspecified atom stereocenters. The van der Waals surface area contributed by atoms with E-state index in [0.717, 1.165) is 4.57 Å². The molecular weight excluding hydrogens is 418 g/mol. The molecule has 0 aliphatic heterocycles. The van der Waals surface area contributed by atoms with Crippen LogP contribution in [0.5, 0.6) is 0 Å². The van der Waals surface area contributed by atoms with Crippen LogP contribution in [0.3, 0.4) is 0 Å². The Morgan fingerprint density at radius 3 is 2.35 bits per heavy atom.